The summed E-state index contributed by atoms with van der Waals surface area (Å²) in [6.45, 7) is 0.0173. The number of carbonyl (C=O) groups is 2. The van der Waals surface area contributed by atoms with Crippen LogP contribution in [0.5, 0.6) is 17.4 Å². The third kappa shape index (κ3) is 7.88. The van der Waals surface area contributed by atoms with Gasteiger partial charge in [0.1, 0.15) is 35.0 Å². The Morgan fingerprint density at radius 1 is 1.26 bits per heavy atom. The smallest absolute Gasteiger partial charge is 0.328 e. The zero-order valence-electron chi connectivity index (χ0n) is 21.2. The van der Waals surface area contributed by atoms with E-state index in [2.05, 4.69) is 27.9 Å². The van der Waals surface area contributed by atoms with E-state index >= 15 is 0 Å². The molecule has 0 aliphatic heterocycles. The monoisotopic (exact) mass is 587 g/mol. The Labute approximate surface area is 239 Å². The quantitative estimate of drug-likeness (QED) is 0.137. The number of hydrogen-bond acceptors (Lipinski definition) is 12. The van der Waals surface area contributed by atoms with E-state index in [0.717, 1.165) is 15.8 Å². The molecule has 1 amide bonds. The van der Waals surface area contributed by atoms with Gasteiger partial charge in [0.2, 0.25) is 13.9 Å². The van der Waals surface area contributed by atoms with E-state index in [9.17, 15) is 9.59 Å². The lowest BCUT2D eigenvalue weighted by atomic mass is 10.1. The number of thioether (sulfide) groups is 1. The Kier molecular flexibility index (Phi) is 10.1. The Bertz CT molecular complexity index is 1430. The molecule has 1 N–H and O–H groups in total. The summed E-state index contributed by atoms with van der Waals surface area (Å²) in [4.78, 5) is 31.1. The van der Waals surface area contributed by atoms with E-state index in [1.54, 1.807) is 14.0 Å². The van der Waals surface area contributed by atoms with Crippen LogP contribution in [0.1, 0.15) is 5.56 Å². The molecule has 2 aromatic heterocycles. The van der Waals surface area contributed by atoms with Crippen molar-refractivity contribution in [3.63, 3.8) is 0 Å². The van der Waals surface area contributed by atoms with Gasteiger partial charge in [-0.1, -0.05) is 22.4 Å². The van der Waals surface area contributed by atoms with Gasteiger partial charge in [-0.25, -0.2) is 14.5 Å². The molecule has 204 valence electrons. The second-order valence-corrected chi connectivity index (χ2v) is 11.0. The van der Waals surface area contributed by atoms with Crippen molar-refractivity contribution in [2.24, 2.45) is 0 Å². The third-order valence-electron chi connectivity index (χ3n) is 5.52. The van der Waals surface area contributed by atoms with Gasteiger partial charge in [0, 0.05) is 17.6 Å². The molecule has 0 saturated carbocycles. The fraction of sp³-hybridized carbons (Fsp3) is 0.292. The molecular formula is C24H26BN5O6S3. The van der Waals surface area contributed by atoms with Crippen molar-refractivity contribution in [3.05, 3.63) is 54.2 Å². The molecule has 2 aromatic carbocycles. The molecule has 0 bridgehead atoms. The van der Waals surface area contributed by atoms with Gasteiger partial charge >= 0.3 is 5.97 Å². The number of nitrogens with zero attached hydrogens (tertiary/aromatic N) is 5. The highest BCUT2D eigenvalue weighted by Gasteiger charge is 2.27. The number of methoxy groups -OCH3 is 1. The van der Waals surface area contributed by atoms with Crippen molar-refractivity contribution in [1.82, 2.24) is 24.8 Å². The first-order valence-corrected chi connectivity index (χ1v) is 14.2. The maximum atomic E-state index is 13.0. The maximum Gasteiger partial charge on any atom is 0.328 e. The first-order chi connectivity index (χ1) is 18.9. The van der Waals surface area contributed by atoms with E-state index in [-0.39, 0.29) is 31.5 Å². The molecule has 15 heteroatoms. The standard InChI is InChI=1S/C24H26BN5O6S3/c1-34-23(33)19(14-38-13-15-3-2-4-16(9-15)35-8-7-31)30(25)22(32)12-29-11-21(27-28-29)36-17-5-6-18-20(10-17)39-24(37)26-18/h2-6,9-11,19,31H,7-8,12-14,25H2,1H3,(H,26,37)/t19-/m0/s1. The number of amides is 1. The predicted molar refractivity (Wildman–Crippen MR) is 153 cm³/mol. The fourth-order valence-electron chi connectivity index (χ4n) is 3.56. The number of ether oxygens (including phenoxy) is 3. The van der Waals surface area contributed by atoms with Gasteiger partial charge in [-0.2, -0.15) is 11.8 Å². The van der Waals surface area contributed by atoms with Crippen LogP contribution in [0.2, 0.25) is 0 Å². The highest BCUT2D eigenvalue weighted by Crippen LogP contribution is 2.29. The molecule has 0 unspecified atom stereocenters. The van der Waals surface area contributed by atoms with Crippen LogP contribution in [-0.2, 0) is 26.6 Å². The number of aliphatic hydroxyl groups excluding tert-OH is 1. The number of esters is 1. The van der Waals surface area contributed by atoms with Crippen molar-refractivity contribution in [2.45, 2.75) is 22.7 Å². The van der Waals surface area contributed by atoms with Gasteiger partial charge in [0.25, 0.3) is 5.88 Å². The van der Waals surface area contributed by atoms with Crippen LogP contribution < -0.4 is 9.47 Å². The number of carbonyl (C=O) groups excluding carboxylic acids is 2. The normalized spacial score (nSPS) is 11.8. The molecule has 4 aromatic rings. The molecular weight excluding hydrogens is 561 g/mol. The van der Waals surface area contributed by atoms with Gasteiger partial charge in [-0.05, 0) is 29.8 Å². The number of rotatable bonds is 13. The van der Waals surface area contributed by atoms with Crippen LogP contribution in [0.25, 0.3) is 10.2 Å². The number of benzene rings is 2. The van der Waals surface area contributed by atoms with Crippen molar-refractivity contribution < 1.29 is 28.9 Å². The lowest BCUT2D eigenvalue weighted by Crippen LogP contribution is -2.47. The molecule has 2 heterocycles. The average molecular weight is 588 g/mol. The van der Waals surface area contributed by atoms with Crippen molar-refractivity contribution in [1.29, 1.82) is 0 Å². The topological polar surface area (TPSA) is 129 Å². The highest BCUT2D eigenvalue weighted by molar-refractivity contribution is 7.98. The van der Waals surface area contributed by atoms with E-state index < -0.39 is 12.0 Å². The van der Waals surface area contributed by atoms with Crippen LogP contribution in [0, 0.1) is 0 Å². The van der Waals surface area contributed by atoms with Gasteiger partial charge in [-0.3, -0.25) is 4.79 Å². The Morgan fingerprint density at radius 2 is 2.10 bits per heavy atom. The first-order valence-electron chi connectivity index (χ1n) is 11.8. The largest absolute Gasteiger partial charge is 0.491 e. The fourth-order valence-corrected chi connectivity index (χ4v) is 5.81. The zero-order valence-corrected chi connectivity index (χ0v) is 23.7. The molecule has 1 atom stereocenters. The number of hydrogen-bond donors (Lipinski definition) is 2. The summed E-state index contributed by atoms with van der Waals surface area (Å²) in [7, 11) is 2.85. The number of aromatic nitrogens is 4. The number of thiazole rings is 1. The minimum atomic E-state index is -0.789. The molecule has 4 rings (SSSR count). The molecule has 0 spiro atoms. The Morgan fingerprint density at radius 3 is 2.90 bits per heavy atom. The predicted octanol–water partition coefficient (Wildman–Crippen LogP) is 2.19. The lowest BCUT2D eigenvalue weighted by molar-refractivity contribution is -0.148. The van der Waals surface area contributed by atoms with Crippen LogP contribution in [0.15, 0.2) is 53.0 Å². The highest BCUT2D eigenvalue weighted by atomic mass is 32.2. The van der Waals surface area contributed by atoms with Crippen LogP contribution in [0.3, 0.4) is 0 Å². The van der Waals surface area contributed by atoms with Crippen molar-refractivity contribution in [3.8, 4) is 17.4 Å². The Hall–Kier alpha value is -3.27. The summed E-state index contributed by atoms with van der Waals surface area (Å²) < 4.78 is 19.1. The molecule has 0 fully saturated rings. The average Bonchev–Trinajstić information content (AvgIpc) is 3.53. The molecule has 0 aliphatic carbocycles. The van der Waals surface area contributed by atoms with Gasteiger partial charge < -0.3 is 24.1 Å². The van der Waals surface area contributed by atoms with Crippen LogP contribution in [0.4, 0.5) is 0 Å². The minimum absolute atomic E-state index is 0.0653. The van der Waals surface area contributed by atoms with Gasteiger partial charge in [0.05, 0.1) is 30.1 Å². The molecule has 11 nitrogen and oxygen atoms in total. The summed E-state index contributed by atoms with van der Waals surface area (Å²) in [6.07, 6.45) is 1.51. The number of fused-ring (bicyclic) bond motifs is 1. The van der Waals surface area contributed by atoms with E-state index in [1.807, 2.05) is 36.4 Å². The Balaban J connectivity index is 1.33. The molecule has 39 heavy (non-hydrogen) atoms. The van der Waals surface area contributed by atoms with E-state index in [0.29, 0.717) is 27.3 Å². The summed E-state index contributed by atoms with van der Waals surface area (Å²) in [5.41, 5.74) is 1.82. The SMILES string of the molecule is BN(C(=O)Cn1cc(Oc2ccc3nc(S)sc3c2)nn1)[C@@H](CSCc1cccc(OCCO)c1)C(=O)OC. The lowest BCUT2D eigenvalue weighted by Gasteiger charge is -2.26. The van der Waals surface area contributed by atoms with Gasteiger partial charge in [-0.15, -0.1) is 24.0 Å². The minimum Gasteiger partial charge on any atom is -0.491 e. The maximum absolute atomic E-state index is 13.0. The first kappa shape index (κ1) is 28.7. The number of thiol groups is 1. The van der Waals surface area contributed by atoms with Crippen molar-refractivity contribution in [2.75, 3.05) is 26.1 Å². The molecule has 0 saturated heterocycles. The second kappa shape index (κ2) is 13.7. The summed E-state index contributed by atoms with van der Waals surface area (Å²) in [5.74, 6) is 1.52. The van der Waals surface area contributed by atoms with Crippen molar-refractivity contribution >= 4 is 65.8 Å². The van der Waals surface area contributed by atoms with E-state index in [4.69, 9.17) is 19.3 Å². The zero-order chi connectivity index (χ0) is 27.8. The van der Waals surface area contributed by atoms with E-state index in [1.165, 1.54) is 45.9 Å². The van der Waals surface area contributed by atoms with Crippen LogP contribution >= 0.6 is 35.7 Å². The third-order valence-corrected chi connectivity index (χ3v) is 7.81. The van der Waals surface area contributed by atoms with Gasteiger partial charge in [0.15, 0.2) is 0 Å². The van der Waals surface area contributed by atoms with Crippen LogP contribution in [-0.4, -0.2) is 81.9 Å². The number of aliphatic hydroxyl groups is 1. The second-order valence-electron chi connectivity index (χ2n) is 8.26. The summed E-state index contributed by atoms with van der Waals surface area (Å²) in [6, 6.07) is 12.1. The molecule has 0 aliphatic rings. The molecule has 0 radical (unpaired) electrons. The summed E-state index contributed by atoms with van der Waals surface area (Å²) in [5, 5.41) is 16.9. The summed E-state index contributed by atoms with van der Waals surface area (Å²) >= 11 is 7.20.